The van der Waals surface area contributed by atoms with E-state index in [4.69, 9.17) is 28.4 Å². The Kier molecular flexibility index (Phi) is 20.2. The van der Waals surface area contributed by atoms with Crippen molar-refractivity contribution < 1.29 is 38.0 Å². The van der Waals surface area contributed by atoms with Gasteiger partial charge in [-0.15, -0.1) is 0 Å². The molecule has 0 aliphatic heterocycles. The van der Waals surface area contributed by atoms with E-state index in [9.17, 15) is 9.59 Å². The van der Waals surface area contributed by atoms with Crippen molar-refractivity contribution in [3.63, 3.8) is 0 Å². The molecule has 0 fully saturated rings. The van der Waals surface area contributed by atoms with Crippen molar-refractivity contribution in [3.8, 4) is 0 Å². The molecule has 8 nitrogen and oxygen atoms in total. The molecule has 8 heteroatoms. The maximum atomic E-state index is 12.0. The largest absolute Gasteiger partial charge is 0.463 e. The standard InChI is InChI=1S/C22H42O8/c1-5-7-25-9-11-27-13-15-29-21(23)18-19(3)17-20(4)22(24)30-16-14-28-12-10-26-8-6-2/h19-20H,5-18H2,1-4H3. The van der Waals surface area contributed by atoms with Crippen LogP contribution in [0, 0.1) is 11.8 Å². The summed E-state index contributed by atoms with van der Waals surface area (Å²) in [6.45, 7) is 12.5. The summed E-state index contributed by atoms with van der Waals surface area (Å²) >= 11 is 0. The quantitative estimate of drug-likeness (QED) is 0.201. The third-order valence-corrected chi connectivity index (χ3v) is 4.08. The first-order valence-corrected chi connectivity index (χ1v) is 11.1. The third-order valence-electron chi connectivity index (χ3n) is 4.08. The van der Waals surface area contributed by atoms with Crippen LogP contribution in [0.5, 0.6) is 0 Å². The highest BCUT2D eigenvalue weighted by Crippen LogP contribution is 2.17. The monoisotopic (exact) mass is 434 g/mol. The molecule has 0 rings (SSSR count). The predicted molar refractivity (Wildman–Crippen MR) is 113 cm³/mol. The van der Waals surface area contributed by atoms with E-state index < -0.39 is 0 Å². The van der Waals surface area contributed by atoms with Gasteiger partial charge in [-0.2, -0.15) is 0 Å². The minimum Gasteiger partial charge on any atom is -0.463 e. The molecular formula is C22H42O8. The first-order valence-electron chi connectivity index (χ1n) is 11.1. The molecule has 0 saturated carbocycles. The first kappa shape index (κ1) is 28.8. The van der Waals surface area contributed by atoms with Crippen molar-refractivity contribution >= 4 is 11.9 Å². The minimum absolute atomic E-state index is 0.0235. The molecule has 2 atom stereocenters. The summed E-state index contributed by atoms with van der Waals surface area (Å²) in [6.07, 6.45) is 2.79. The van der Waals surface area contributed by atoms with Crippen LogP contribution < -0.4 is 0 Å². The Hall–Kier alpha value is -1.22. The number of hydrogen-bond donors (Lipinski definition) is 0. The van der Waals surface area contributed by atoms with E-state index in [1.165, 1.54) is 0 Å². The second-order valence-corrected chi connectivity index (χ2v) is 7.28. The Labute approximate surface area is 181 Å². The van der Waals surface area contributed by atoms with Crippen molar-refractivity contribution in [1.29, 1.82) is 0 Å². The molecule has 0 aromatic heterocycles. The van der Waals surface area contributed by atoms with Crippen LogP contribution >= 0.6 is 0 Å². The molecule has 0 aromatic rings. The van der Waals surface area contributed by atoms with Gasteiger partial charge < -0.3 is 28.4 Å². The number of hydrogen-bond acceptors (Lipinski definition) is 8. The summed E-state index contributed by atoms with van der Waals surface area (Å²) in [5, 5.41) is 0. The van der Waals surface area contributed by atoms with Crippen molar-refractivity contribution in [3.05, 3.63) is 0 Å². The summed E-state index contributed by atoms with van der Waals surface area (Å²) in [6, 6.07) is 0. The molecule has 0 N–H and O–H groups in total. The Balaban J connectivity index is 3.67. The average Bonchev–Trinajstić information content (AvgIpc) is 2.71. The molecule has 0 aromatic carbocycles. The van der Waals surface area contributed by atoms with Crippen molar-refractivity contribution in [2.24, 2.45) is 11.8 Å². The molecule has 0 aliphatic rings. The van der Waals surface area contributed by atoms with Crippen molar-refractivity contribution in [2.75, 3.05) is 66.1 Å². The number of carbonyl (C=O) groups excluding carboxylic acids is 2. The summed E-state index contributed by atoms with van der Waals surface area (Å²) < 4.78 is 31.6. The number of esters is 2. The Morgan fingerprint density at radius 3 is 1.57 bits per heavy atom. The highest BCUT2D eigenvalue weighted by molar-refractivity contribution is 5.72. The Morgan fingerprint density at radius 2 is 1.07 bits per heavy atom. The lowest BCUT2D eigenvalue weighted by molar-refractivity contribution is -0.151. The van der Waals surface area contributed by atoms with Crippen LogP contribution in [0.15, 0.2) is 0 Å². The Bertz CT molecular complexity index is 416. The van der Waals surface area contributed by atoms with Gasteiger partial charge >= 0.3 is 11.9 Å². The lowest BCUT2D eigenvalue weighted by Crippen LogP contribution is -2.21. The topological polar surface area (TPSA) is 89.5 Å². The highest BCUT2D eigenvalue weighted by Gasteiger charge is 2.20. The maximum absolute atomic E-state index is 12.0. The zero-order chi connectivity index (χ0) is 22.5. The molecule has 0 radical (unpaired) electrons. The molecule has 0 spiro atoms. The predicted octanol–water partition coefficient (Wildman–Crippen LogP) is 3.01. The van der Waals surface area contributed by atoms with Gasteiger partial charge in [0.25, 0.3) is 0 Å². The molecule has 0 saturated heterocycles. The fourth-order valence-corrected chi connectivity index (χ4v) is 2.62. The van der Waals surface area contributed by atoms with Crippen LogP contribution in [-0.4, -0.2) is 78.0 Å². The SMILES string of the molecule is CCCOCCOCCOC(=O)CC(C)CC(C)C(=O)OCCOCCOCCC. The second-order valence-electron chi connectivity index (χ2n) is 7.28. The van der Waals surface area contributed by atoms with E-state index in [2.05, 4.69) is 0 Å². The lowest BCUT2D eigenvalue weighted by Gasteiger charge is -2.16. The summed E-state index contributed by atoms with van der Waals surface area (Å²) in [4.78, 5) is 23.9. The van der Waals surface area contributed by atoms with E-state index in [0.29, 0.717) is 46.1 Å². The van der Waals surface area contributed by atoms with Crippen LogP contribution in [-0.2, 0) is 38.0 Å². The zero-order valence-electron chi connectivity index (χ0n) is 19.3. The van der Waals surface area contributed by atoms with E-state index in [-0.39, 0.29) is 43.4 Å². The fourth-order valence-electron chi connectivity index (χ4n) is 2.62. The van der Waals surface area contributed by atoms with E-state index in [0.717, 1.165) is 26.1 Å². The van der Waals surface area contributed by atoms with E-state index in [1.807, 2.05) is 20.8 Å². The van der Waals surface area contributed by atoms with Crippen LogP contribution in [0.3, 0.4) is 0 Å². The molecule has 178 valence electrons. The van der Waals surface area contributed by atoms with Crippen molar-refractivity contribution in [1.82, 2.24) is 0 Å². The molecule has 30 heavy (non-hydrogen) atoms. The van der Waals surface area contributed by atoms with Gasteiger partial charge in [0.15, 0.2) is 0 Å². The van der Waals surface area contributed by atoms with Crippen LogP contribution in [0.1, 0.15) is 53.4 Å². The van der Waals surface area contributed by atoms with Gasteiger partial charge in [-0.1, -0.05) is 27.7 Å². The van der Waals surface area contributed by atoms with Crippen LogP contribution in [0.4, 0.5) is 0 Å². The third kappa shape index (κ3) is 18.8. The van der Waals surface area contributed by atoms with Gasteiger partial charge in [0.1, 0.15) is 13.2 Å². The number of carbonyl (C=O) groups is 2. The summed E-state index contributed by atoms with van der Waals surface area (Å²) in [7, 11) is 0. The van der Waals surface area contributed by atoms with Gasteiger partial charge in [0.05, 0.1) is 45.6 Å². The van der Waals surface area contributed by atoms with Gasteiger partial charge in [0, 0.05) is 19.6 Å². The van der Waals surface area contributed by atoms with Gasteiger partial charge in [-0.3, -0.25) is 9.59 Å². The first-order chi connectivity index (χ1) is 14.5. The van der Waals surface area contributed by atoms with Gasteiger partial charge in [-0.05, 0) is 25.2 Å². The molecule has 0 heterocycles. The van der Waals surface area contributed by atoms with Crippen molar-refractivity contribution in [2.45, 2.75) is 53.4 Å². The maximum Gasteiger partial charge on any atom is 0.308 e. The zero-order valence-corrected chi connectivity index (χ0v) is 19.3. The summed E-state index contributed by atoms with van der Waals surface area (Å²) in [5.74, 6) is -0.824. The Morgan fingerprint density at radius 1 is 0.633 bits per heavy atom. The molecule has 0 amide bonds. The van der Waals surface area contributed by atoms with E-state index in [1.54, 1.807) is 6.92 Å². The molecular weight excluding hydrogens is 392 g/mol. The van der Waals surface area contributed by atoms with Gasteiger partial charge in [-0.25, -0.2) is 0 Å². The van der Waals surface area contributed by atoms with Gasteiger partial charge in [0.2, 0.25) is 0 Å². The lowest BCUT2D eigenvalue weighted by atomic mass is 9.95. The smallest absolute Gasteiger partial charge is 0.308 e. The average molecular weight is 435 g/mol. The normalized spacial score (nSPS) is 13.1. The number of ether oxygens (including phenoxy) is 6. The van der Waals surface area contributed by atoms with Crippen LogP contribution in [0.2, 0.25) is 0 Å². The van der Waals surface area contributed by atoms with Crippen LogP contribution in [0.25, 0.3) is 0 Å². The van der Waals surface area contributed by atoms with E-state index >= 15 is 0 Å². The molecule has 0 bridgehead atoms. The number of rotatable bonds is 21. The molecule has 0 aliphatic carbocycles. The minimum atomic E-state index is -0.285. The second kappa shape index (κ2) is 21.0. The highest BCUT2D eigenvalue weighted by atomic mass is 16.6. The summed E-state index contributed by atoms with van der Waals surface area (Å²) in [5.41, 5.74) is 0. The fraction of sp³-hybridized carbons (Fsp3) is 0.909. The molecule has 2 unspecified atom stereocenters.